The molecule has 0 aromatic rings. The fourth-order valence-corrected chi connectivity index (χ4v) is 0.820. The predicted octanol–water partition coefficient (Wildman–Crippen LogP) is 1.03. The lowest BCUT2D eigenvalue weighted by atomic mass is 10.1. The highest BCUT2D eigenvalue weighted by Gasteiger charge is 2.06. The van der Waals surface area contributed by atoms with Gasteiger partial charge in [0.25, 0.3) is 0 Å². The molecule has 0 spiro atoms. The molecule has 0 aromatic heterocycles. The quantitative estimate of drug-likeness (QED) is 0.520. The highest BCUT2D eigenvalue weighted by Crippen LogP contribution is 2.06. The van der Waals surface area contributed by atoms with E-state index in [0.717, 1.165) is 19.1 Å². The minimum absolute atomic E-state index is 0.499. The summed E-state index contributed by atoms with van der Waals surface area (Å²) in [5, 5.41) is 16.2. The highest BCUT2D eigenvalue weighted by atomic mass is 16.3. The molecule has 0 aromatic carbocycles. The molecule has 0 radical (unpaired) electrons. The summed E-state index contributed by atoms with van der Waals surface area (Å²) in [6.45, 7) is 2.06. The van der Waals surface area contributed by atoms with E-state index in [1.807, 2.05) is 0 Å². The van der Waals surface area contributed by atoms with Crippen molar-refractivity contribution < 1.29 is 5.11 Å². The van der Waals surface area contributed by atoms with Crippen molar-refractivity contribution >= 4 is 6.21 Å². The van der Waals surface area contributed by atoms with Crippen LogP contribution in [0.3, 0.4) is 0 Å². The largest absolute Gasteiger partial charge is 0.404 e. The smallest absolute Gasteiger partial charge is 0.0818 e. The molecular formula is C8H16N2O. The van der Waals surface area contributed by atoms with Gasteiger partial charge in [0, 0.05) is 18.0 Å². The Morgan fingerprint density at radius 1 is 1.73 bits per heavy atom. The van der Waals surface area contributed by atoms with Gasteiger partial charge in [-0.25, -0.2) is 0 Å². The number of nitrogens with two attached hydrogens (primary N) is 1. The van der Waals surface area contributed by atoms with E-state index in [9.17, 15) is 5.11 Å². The lowest BCUT2D eigenvalue weighted by Gasteiger charge is -2.08. The lowest BCUT2D eigenvalue weighted by molar-refractivity contribution is 0.203. The van der Waals surface area contributed by atoms with Gasteiger partial charge in [-0.05, 0) is 6.42 Å². The number of hydrogen-bond donors (Lipinski definition) is 3. The van der Waals surface area contributed by atoms with Gasteiger partial charge in [0.1, 0.15) is 0 Å². The summed E-state index contributed by atoms with van der Waals surface area (Å²) in [6, 6.07) is 0. The van der Waals surface area contributed by atoms with Gasteiger partial charge in [-0.2, -0.15) is 0 Å². The van der Waals surface area contributed by atoms with Crippen LogP contribution in [-0.2, 0) is 0 Å². The Morgan fingerprint density at radius 2 is 2.36 bits per heavy atom. The predicted molar refractivity (Wildman–Crippen MR) is 46.6 cm³/mol. The number of unbranched alkanes of at least 4 members (excludes halogenated alkanes) is 1. The molecule has 0 fully saturated rings. The maximum absolute atomic E-state index is 9.34. The zero-order chi connectivity index (χ0) is 8.69. The topological polar surface area (TPSA) is 70.1 Å². The number of aliphatic hydroxyl groups excluding tert-OH is 1. The molecule has 0 aliphatic heterocycles. The van der Waals surface area contributed by atoms with Gasteiger partial charge in [0.15, 0.2) is 0 Å². The first-order chi connectivity index (χ1) is 5.26. The second kappa shape index (κ2) is 5.92. The van der Waals surface area contributed by atoms with Crippen LogP contribution in [0.2, 0.25) is 0 Å². The molecule has 0 unspecified atom stereocenters. The Hall–Kier alpha value is -0.830. The van der Waals surface area contributed by atoms with Gasteiger partial charge in [-0.3, -0.25) is 0 Å². The Bertz CT molecular complexity index is 143. The van der Waals surface area contributed by atoms with Gasteiger partial charge < -0.3 is 16.2 Å². The fraction of sp³-hybridized carbons (Fsp3) is 0.625. The Morgan fingerprint density at radius 3 is 2.73 bits per heavy atom. The molecule has 3 nitrogen and oxygen atoms in total. The molecule has 0 aliphatic carbocycles. The first-order valence-electron chi connectivity index (χ1n) is 3.86. The van der Waals surface area contributed by atoms with Crippen LogP contribution in [0.5, 0.6) is 0 Å². The molecule has 0 rings (SSSR count). The monoisotopic (exact) mass is 156 g/mol. The maximum atomic E-state index is 9.34. The first kappa shape index (κ1) is 10.2. The molecule has 0 heterocycles. The van der Waals surface area contributed by atoms with E-state index in [2.05, 4.69) is 6.92 Å². The second-order valence-corrected chi connectivity index (χ2v) is 2.47. The van der Waals surface area contributed by atoms with Crippen molar-refractivity contribution in [1.82, 2.24) is 0 Å². The molecule has 0 aliphatic rings. The minimum atomic E-state index is -0.558. The van der Waals surface area contributed by atoms with Crippen molar-refractivity contribution in [3.05, 3.63) is 11.8 Å². The average molecular weight is 156 g/mol. The van der Waals surface area contributed by atoms with E-state index < -0.39 is 6.10 Å². The summed E-state index contributed by atoms with van der Waals surface area (Å²) in [4.78, 5) is 0. The molecule has 0 saturated carbocycles. The van der Waals surface area contributed by atoms with Crippen LogP contribution < -0.4 is 5.73 Å². The number of hydrogen-bond acceptors (Lipinski definition) is 3. The van der Waals surface area contributed by atoms with Crippen LogP contribution in [0.25, 0.3) is 0 Å². The van der Waals surface area contributed by atoms with E-state index in [-0.39, 0.29) is 0 Å². The molecule has 4 N–H and O–H groups in total. The third-order valence-corrected chi connectivity index (χ3v) is 1.58. The van der Waals surface area contributed by atoms with Crippen LogP contribution in [0.4, 0.5) is 0 Å². The SMILES string of the molecule is CCCC[C@H](O)/C(C=N)=C/N. The molecule has 0 bridgehead atoms. The van der Waals surface area contributed by atoms with E-state index >= 15 is 0 Å². The van der Waals surface area contributed by atoms with Crippen LogP contribution in [0.1, 0.15) is 26.2 Å². The molecule has 0 saturated heterocycles. The minimum Gasteiger partial charge on any atom is -0.404 e. The Labute approximate surface area is 67.4 Å². The molecule has 1 atom stereocenters. The van der Waals surface area contributed by atoms with E-state index in [0.29, 0.717) is 12.0 Å². The summed E-state index contributed by atoms with van der Waals surface area (Å²) in [5.41, 5.74) is 5.68. The van der Waals surface area contributed by atoms with Gasteiger partial charge in [0.05, 0.1) is 6.10 Å². The van der Waals surface area contributed by atoms with Crippen molar-refractivity contribution in [2.24, 2.45) is 5.73 Å². The Balaban J connectivity index is 3.80. The zero-order valence-electron chi connectivity index (χ0n) is 6.88. The summed E-state index contributed by atoms with van der Waals surface area (Å²) >= 11 is 0. The van der Waals surface area contributed by atoms with Crippen molar-refractivity contribution in [1.29, 1.82) is 5.41 Å². The van der Waals surface area contributed by atoms with E-state index in [1.165, 1.54) is 6.20 Å². The van der Waals surface area contributed by atoms with Gasteiger partial charge in [-0.15, -0.1) is 0 Å². The highest BCUT2D eigenvalue weighted by molar-refractivity contribution is 5.76. The van der Waals surface area contributed by atoms with Crippen LogP contribution in [-0.4, -0.2) is 17.4 Å². The van der Waals surface area contributed by atoms with Gasteiger partial charge in [-0.1, -0.05) is 19.8 Å². The number of rotatable bonds is 5. The standard InChI is InChI=1S/C8H16N2O/c1-2-3-4-8(11)7(5-9)6-10/h5-6,8-9,11H,2-4,10H2,1H3/b7-6+,9-5?/t8-/m0/s1. The first-order valence-corrected chi connectivity index (χ1v) is 3.86. The number of aliphatic hydroxyl groups is 1. The molecule has 11 heavy (non-hydrogen) atoms. The summed E-state index contributed by atoms with van der Waals surface area (Å²) < 4.78 is 0. The van der Waals surface area contributed by atoms with Crippen LogP contribution >= 0.6 is 0 Å². The number of nitrogens with one attached hydrogen (secondary N) is 1. The van der Waals surface area contributed by atoms with Crippen molar-refractivity contribution in [2.45, 2.75) is 32.3 Å². The summed E-state index contributed by atoms with van der Waals surface area (Å²) in [6.07, 6.45) is 4.53. The molecule has 3 heteroatoms. The fourth-order valence-electron chi connectivity index (χ4n) is 0.820. The van der Waals surface area contributed by atoms with Crippen LogP contribution in [0, 0.1) is 5.41 Å². The van der Waals surface area contributed by atoms with Gasteiger partial charge >= 0.3 is 0 Å². The molecular weight excluding hydrogens is 140 g/mol. The second-order valence-electron chi connectivity index (χ2n) is 2.47. The third kappa shape index (κ3) is 3.78. The molecule has 0 amide bonds. The normalized spacial score (nSPS) is 14.5. The average Bonchev–Trinajstić information content (AvgIpc) is 2.03. The van der Waals surface area contributed by atoms with Crippen molar-refractivity contribution in [3.8, 4) is 0 Å². The van der Waals surface area contributed by atoms with E-state index in [1.54, 1.807) is 0 Å². The third-order valence-electron chi connectivity index (χ3n) is 1.58. The van der Waals surface area contributed by atoms with E-state index in [4.69, 9.17) is 11.1 Å². The molecule has 64 valence electrons. The summed E-state index contributed by atoms with van der Waals surface area (Å²) in [5.74, 6) is 0. The zero-order valence-corrected chi connectivity index (χ0v) is 6.88. The van der Waals surface area contributed by atoms with Crippen molar-refractivity contribution in [2.75, 3.05) is 0 Å². The lowest BCUT2D eigenvalue weighted by Crippen LogP contribution is -2.12. The Kier molecular flexibility index (Phi) is 5.47. The maximum Gasteiger partial charge on any atom is 0.0818 e. The summed E-state index contributed by atoms with van der Waals surface area (Å²) in [7, 11) is 0. The van der Waals surface area contributed by atoms with Crippen LogP contribution in [0.15, 0.2) is 11.8 Å². The van der Waals surface area contributed by atoms with Crippen molar-refractivity contribution in [3.63, 3.8) is 0 Å². The van der Waals surface area contributed by atoms with Gasteiger partial charge in [0.2, 0.25) is 0 Å².